The van der Waals surface area contributed by atoms with Gasteiger partial charge < -0.3 is 8.83 Å². The minimum absolute atomic E-state index is 0.509. The van der Waals surface area contributed by atoms with E-state index in [0.717, 1.165) is 111 Å². The number of furan rings is 2. The van der Waals surface area contributed by atoms with E-state index in [4.69, 9.17) is 33.8 Å². The number of hydrogen-bond donors (Lipinski definition) is 0. The van der Waals surface area contributed by atoms with Crippen LogP contribution in [0, 0.1) is 0 Å². The van der Waals surface area contributed by atoms with Crippen LogP contribution in [0.25, 0.3) is 179 Å². The molecule has 0 N–H and O–H groups in total. The lowest BCUT2D eigenvalue weighted by Crippen LogP contribution is -2.43. The zero-order valence-corrected chi connectivity index (χ0v) is 74.7. The predicted molar refractivity (Wildman–Crippen MR) is 556 cm³/mol. The Hall–Kier alpha value is -17.9. The second-order valence-electron chi connectivity index (χ2n) is 37.3. The highest BCUT2D eigenvalue weighted by atomic mass is 16.3. The van der Waals surface area contributed by atoms with Gasteiger partial charge in [-0.05, 0) is 216 Å². The van der Waals surface area contributed by atoms with Crippen LogP contribution in [-0.2, 0) is 21.7 Å². The molecule has 6 aliphatic carbocycles. The van der Waals surface area contributed by atoms with E-state index in [9.17, 15) is 0 Å². The first-order chi connectivity index (χ1) is 68.4. The average Bonchev–Trinajstić information content (AvgIpc) is 1.47. The third-order valence-electron chi connectivity index (χ3n) is 30.6. The van der Waals surface area contributed by atoms with Gasteiger partial charge in [-0.1, -0.05) is 419 Å². The molecule has 4 spiro atoms. The van der Waals surface area contributed by atoms with E-state index in [1.807, 2.05) is 72.8 Å². The van der Waals surface area contributed by atoms with Crippen molar-refractivity contribution >= 4 is 43.9 Å². The zero-order valence-electron chi connectivity index (χ0n) is 74.7. The van der Waals surface area contributed by atoms with Gasteiger partial charge in [-0.3, -0.25) is 0 Å². The standard InChI is InChI=1S/C66H40N2O.C65H39N3O/c1-3-18-41(19-4-1)60-40-61(42-20-5-2-6-21-42)68-64(67-60)45-23-17-22-43(36-45)44-34-35-54-49(37-44)50-39-63-51(48-26-9-16-33-62(48)69-63)38-59(50)66(54)57-31-14-12-29-55(57)65(56-30-13-15-32-58(56)66)52-27-10-7-24-46(52)47-25-8-11-28-53(47)65;1-3-17-41(18-4-1)61-66-62(42-19-5-2-6-20-42)68-63(67-61)43-33-31-40(32-34-43)44-35-36-53-48(37-44)49-39-60-50(47-23-9-16-30-59(47)69-60)38-58(49)65(53)56-28-14-12-26-54(56)64(55-27-13-15-29-57(55)65)51-24-10-7-21-45(51)46-22-8-11-25-52(46)64/h1-40H;1-39H. The molecule has 0 radical (unpaired) electrons. The topological polar surface area (TPSA) is 90.7 Å². The second-order valence-corrected chi connectivity index (χ2v) is 37.3. The molecule has 0 unspecified atom stereocenters. The van der Waals surface area contributed by atoms with Gasteiger partial charge in [0.15, 0.2) is 23.3 Å². The molecule has 6 aliphatic rings. The maximum Gasteiger partial charge on any atom is 0.164 e. The molecule has 4 aromatic heterocycles. The van der Waals surface area contributed by atoms with Crippen molar-refractivity contribution in [2.24, 2.45) is 0 Å². The molecule has 20 aromatic carbocycles. The van der Waals surface area contributed by atoms with Crippen molar-refractivity contribution < 1.29 is 8.83 Å². The van der Waals surface area contributed by atoms with Gasteiger partial charge in [-0.15, -0.1) is 0 Å². The van der Waals surface area contributed by atoms with Crippen LogP contribution >= 0.6 is 0 Å². The summed E-state index contributed by atoms with van der Waals surface area (Å²) < 4.78 is 13.4. The fourth-order valence-electron chi connectivity index (χ4n) is 25.0. The third-order valence-corrected chi connectivity index (χ3v) is 30.6. The molecular weight excluding hydrogens is 1680 g/mol. The molecule has 0 amide bonds. The summed E-state index contributed by atoms with van der Waals surface area (Å²) in [5.41, 5.74) is 44.3. The van der Waals surface area contributed by atoms with E-state index in [2.05, 4.69) is 406 Å². The Morgan fingerprint density at radius 1 is 0.130 bits per heavy atom. The van der Waals surface area contributed by atoms with E-state index in [1.54, 1.807) is 0 Å². The molecule has 24 aromatic rings. The summed E-state index contributed by atoms with van der Waals surface area (Å²) in [6.45, 7) is 0. The molecule has 0 atom stereocenters. The fraction of sp³-hybridized carbons (Fsp3) is 0.0305. The monoisotopic (exact) mass is 1750 g/mol. The Morgan fingerprint density at radius 3 is 0.761 bits per heavy atom. The summed E-state index contributed by atoms with van der Waals surface area (Å²) in [5, 5.41) is 4.51. The van der Waals surface area contributed by atoms with E-state index in [-0.39, 0.29) is 0 Å². The first-order valence-electron chi connectivity index (χ1n) is 47.5. The van der Waals surface area contributed by atoms with Crippen LogP contribution in [-0.4, -0.2) is 24.9 Å². The largest absolute Gasteiger partial charge is 0.456 e. The number of benzene rings is 20. The number of fused-ring (bicyclic) bond motifs is 38. The predicted octanol–water partition coefficient (Wildman–Crippen LogP) is 31.6. The fourth-order valence-corrected chi connectivity index (χ4v) is 25.0. The minimum atomic E-state index is -0.637. The molecular formula is C131H79N5O2. The Bertz CT molecular complexity index is 8930. The van der Waals surface area contributed by atoms with Gasteiger partial charge >= 0.3 is 0 Å². The number of aromatic nitrogens is 5. The highest BCUT2D eigenvalue weighted by molar-refractivity contribution is 6.11. The van der Waals surface area contributed by atoms with E-state index >= 15 is 0 Å². The van der Waals surface area contributed by atoms with Gasteiger partial charge in [0.2, 0.25) is 0 Å². The molecule has 0 aliphatic heterocycles. The summed E-state index contributed by atoms with van der Waals surface area (Å²) in [5.74, 6) is 2.61. The molecule has 0 saturated carbocycles. The van der Waals surface area contributed by atoms with Gasteiger partial charge in [0.05, 0.1) is 33.0 Å². The van der Waals surface area contributed by atoms with Gasteiger partial charge in [-0.2, -0.15) is 0 Å². The molecule has 640 valence electrons. The third kappa shape index (κ3) is 10.9. The van der Waals surface area contributed by atoms with E-state index in [0.29, 0.717) is 23.3 Å². The summed E-state index contributed by atoms with van der Waals surface area (Å²) in [7, 11) is 0. The normalized spacial score (nSPS) is 14.0. The maximum atomic E-state index is 6.71. The number of nitrogens with zero attached hydrogens (tertiary/aromatic N) is 5. The molecule has 7 heteroatoms. The summed E-state index contributed by atoms with van der Waals surface area (Å²) in [6.07, 6.45) is 0. The summed E-state index contributed by atoms with van der Waals surface area (Å²) in [6, 6.07) is 175. The van der Waals surface area contributed by atoms with Crippen molar-refractivity contribution in [3.05, 3.63) is 568 Å². The Morgan fingerprint density at radius 2 is 0.384 bits per heavy atom. The van der Waals surface area contributed by atoms with Crippen LogP contribution in [0.3, 0.4) is 0 Å². The molecule has 0 fully saturated rings. The number of para-hydroxylation sites is 2. The zero-order chi connectivity index (χ0) is 90.5. The van der Waals surface area contributed by atoms with Gasteiger partial charge in [0.25, 0.3) is 0 Å². The smallest absolute Gasteiger partial charge is 0.164 e. The van der Waals surface area contributed by atoms with Crippen LogP contribution in [0.5, 0.6) is 0 Å². The lowest BCUT2D eigenvalue weighted by molar-refractivity contribution is 0.633. The lowest BCUT2D eigenvalue weighted by Gasteiger charge is -2.48. The molecule has 4 heterocycles. The minimum Gasteiger partial charge on any atom is -0.456 e. The Balaban J connectivity index is 0.000000133. The van der Waals surface area contributed by atoms with Crippen molar-refractivity contribution in [2.75, 3.05) is 0 Å². The van der Waals surface area contributed by atoms with E-state index in [1.165, 1.54) is 134 Å². The highest BCUT2D eigenvalue weighted by Crippen LogP contribution is 2.71. The Labute approximate surface area is 796 Å². The van der Waals surface area contributed by atoms with E-state index < -0.39 is 21.7 Å². The lowest BCUT2D eigenvalue weighted by atomic mass is 9.52. The molecule has 0 saturated heterocycles. The SMILES string of the molecule is c1ccc(-c2cc(-c3ccccc3)nc(-c3cccc(-c4ccc5c(c4)-c4cc6oc7ccccc7c6cc4C54c5ccccc5C5(c6ccccc6-c6ccccc65)c5ccccc54)c3)n2)cc1.c1ccc(-c2nc(-c3ccccc3)nc(-c3ccc(-c4ccc5c(c4)-c4cc6oc7ccccc7c6cc4C54c5ccccc5C5(c6ccccc6-c6ccccc65)c5ccccc54)cc3)n2)cc1. The summed E-state index contributed by atoms with van der Waals surface area (Å²) >= 11 is 0. The van der Waals surface area contributed by atoms with Gasteiger partial charge in [0.1, 0.15) is 22.3 Å². The van der Waals surface area contributed by atoms with Crippen LogP contribution in [0.4, 0.5) is 0 Å². The van der Waals surface area contributed by atoms with Crippen LogP contribution in [0.2, 0.25) is 0 Å². The molecule has 7 nitrogen and oxygen atoms in total. The van der Waals surface area contributed by atoms with Crippen molar-refractivity contribution in [2.45, 2.75) is 21.7 Å². The van der Waals surface area contributed by atoms with Crippen LogP contribution in [0.15, 0.2) is 488 Å². The van der Waals surface area contributed by atoms with Crippen molar-refractivity contribution in [3.63, 3.8) is 0 Å². The number of rotatable bonds is 8. The average molecular weight is 1760 g/mol. The highest BCUT2D eigenvalue weighted by Gasteiger charge is 2.62. The van der Waals surface area contributed by atoms with Crippen LogP contribution < -0.4 is 0 Å². The number of hydrogen-bond acceptors (Lipinski definition) is 7. The van der Waals surface area contributed by atoms with Crippen molar-refractivity contribution in [1.82, 2.24) is 24.9 Å². The summed E-state index contributed by atoms with van der Waals surface area (Å²) in [4.78, 5) is 25.4. The maximum absolute atomic E-state index is 6.71. The first kappa shape index (κ1) is 77.7. The molecule has 30 rings (SSSR count). The van der Waals surface area contributed by atoms with Crippen LogP contribution in [0.1, 0.15) is 89.0 Å². The second kappa shape index (κ2) is 29.8. The van der Waals surface area contributed by atoms with Crippen molar-refractivity contribution in [1.29, 1.82) is 0 Å². The quantitative estimate of drug-likeness (QED) is 0.150. The van der Waals surface area contributed by atoms with Gasteiger partial charge in [-0.25, -0.2) is 24.9 Å². The molecule has 138 heavy (non-hydrogen) atoms. The Kier molecular flexibility index (Phi) is 16.8. The van der Waals surface area contributed by atoms with Crippen molar-refractivity contribution in [3.8, 4) is 135 Å². The molecule has 0 bridgehead atoms. The first-order valence-corrected chi connectivity index (χ1v) is 47.5. The van der Waals surface area contributed by atoms with Gasteiger partial charge in [0, 0.05) is 54.9 Å².